The van der Waals surface area contributed by atoms with Crippen molar-refractivity contribution >= 4 is 5.97 Å². The van der Waals surface area contributed by atoms with Gasteiger partial charge in [-0.25, -0.2) is 0 Å². The van der Waals surface area contributed by atoms with E-state index in [1.807, 2.05) is 0 Å². The standard InChI is InChI=1S/C8H12N4O4/c1-15-7-10-5(4(3-9)6(13)14)11-8(12-7)16-2/h4H,3,9H2,1-2H3,(H,13,14). The highest BCUT2D eigenvalue weighted by Crippen LogP contribution is 2.15. The number of carboxylic acid groups (broad SMARTS) is 1. The van der Waals surface area contributed by atoms with Gasteiger partial charge in [0.25, 0.3) is 0 Å². The molecule has 88 valence electrons. The molecule has 0 amide bonds. The second-order valence-electron chi connectivity index (χ2n) is 2.79. The predicted molar refractivity (Wildman–Crippen MR) is 52.4 cm³/mol. The molecule has 0 aliphatic rings. The molecule has 0 radical (unpaired) electrons. The molecule has 0 aliphatic carbocycles. The summed E-state index contributed by atoms with van der Waals surface area (Å²) >= 11 is 0. The highest BCUT2D eigenvalue weighted by atomic mass is 16.5. The Morgan fingerprint density at radius 1 is 1.31 bits per heavy atom. The van der Waals surface area contributed by atoms with E-state index in [9.17, 15) is 4.79 Å². The van der Waals surface area contributed by atoms with Crippen LogP contribution < -0.4 is 15.2 Å². The first kappa shape index (κ1) is 12.1. The molecule has 1 aromatic heterocycles. The van der Waals surface area contributed by atoms with Crippen molar-refractivity contribution in [3.05, 3.63) is 5.82 Å². The minimum Gasteiger partial charge on any atom is -0.481 e. The van der Waals surface area contributed by atoms with Gasteiger partial charge in [-0.2, -0.15) is 9.97 Å². The quantitative estimate of drug-likeness (QED) is 0.659. The van der Waals surface area contributed by atoms with Crippen LogP contribution in [-0.4, -0.2) is 46.8 Å². The molecule has 0 aromatic carbocycles. The van der Waals surface area contributed by atoms with Crippen LogP contribution in [-0.2, 0) is 4.79 Å². The van der Waals surface area contributed by atoms with Gasteiger partial charge in [0.2, 0.25) is 0 Å². The number of nitrogens with zero attached hydrogens (tertiary/aromatic N) is 3. The topological polar surface area (TPSA) is 120 Å². The molecule has 3 N–H and O–H groups in total. The first-order chi connectivity index (χ1) is 7.62. The lowest BCUT2D eigenvalue weighted by Gasteiger charge is -2.09. The summed E-state index contributed by atoms with van der Waals surface area (Å²) in [5.74, 6) is -2.11. The van der Waals surface area contributed by atoms with Crippen molar-refractivity contribution in [2.24, 2.45) is 5.73 Å². The molecule has 1 unspecified atom stereocenters. The van der Waals surface area contributed by atoms with Gasteiger partial charge in [-0.05, 0) is 0 Å². The normalized spacial score (nSPS) is 11.9. The molecular weight excluding hydrogens is 216 g/mol. The lowest BCUT2D eigenvalue weighted by atomic mass is 10.1. The Labute approximate surface area is 91.4 Å². The van der Waals surface area contributed by atoms with E-state index in [1.165, 1.54) is 14.2 Å². The zero-order valence-corrected chi connectivity index (χ0v) is 8.88. The van der Waals surface area contributed by atoms with E-state index in [1.54, 1.807) is 0 Å². The Balaban J connectivity index is 3.15. The average Bonchev–Trinajstić information content (AvgIpc) is 2.29. The number of hydrogen-bond donors (Lipinski definition) is 2. The summed E-state index contributed by atoms with van der Waals surface area (Å²) < 4.78 is 9.59. The van der Waals surface area contributed by atoms with Crippen LogP contribution >= 0.6 is 0 Å². The molecule has 1 aromatic rings. The molecule has 8 nitrogen and oxygen atoms in total. The van der Waals surface area contributed by atoms with Crippen LogP contribution in [0.2, 0.25) is 0 Å². The zero-order chi connectivity index (χ0) is 12.1. The van der Waals surface area contributed by atoms with Crippen LogP contribution in [0.4, 0.5) is 0 Å². The van der Waals surface area contributed by atoms with Crippen molar-refractivity contribution in [2.75, 3.05) is 20.8 Å². The lowest BCUT2D eigenvalue weighted by molar-refractivity contribution is -0.138. The number of carboxylic acids is 1. The Kier molecular flexibility index (Phi) is 3.95. The number of methoxy groups -OCH3 is 2. The first-order valence-corrected chi connectivity index (χ1v) is 4.39. The van der Waals surface area contributed by atoms with Crippen molar-refractivity contribution in [3.63, 3.8) is 0 Å². The highest BCUT2D eigenvalue weighted by molar-refractivity contribution is 5.75. The second kappa shape index (κ2) is 5.21. The van der Waals surface area contributed by atoms with Crippen LogP contribution in [0.5, 0.6) is 12.0 Å². The van der Waals surface area contributed by atoms with E-state index < -0.39 is 11.9 Å². The molecule has 0 fully saturated rings. The van der Waals surface area contributed by atoms with Gasteiger partial charge < -0.3 is 20.3 Å². The van der Waals surface area contributed by atoms with Gasteiger partial charge in [-0.15, -0.1) is 4.98 Å². The number of rotatable bonds is 5. The van der Waals surface area contributed by atoms with Gasteiger partial charge in [-0.3, -0.25) is 4.79 Å². The minimum absolute atomic E-state index is 0.0125. The molecular formula is C8H12N4O4. The maximum atomic E-state index is 10.9. The van der Waals surface area contributed by atoms with E-state index in [0.717, 1.165) is 0 Å². The minimum atomic E-state index is -1.11. The Morgan fingerprint density at radius 2 is 1.81 bits per heavy atom. The van der Waals surface area contributed by atoms with Gasteiger partial charge in [0.15, 0.2) is 5.82 Å². The summed E-state index contributed by atoms with van der Waals surface area (Å²) in [7, 11) is 2.72. The van der Waals surface area contributed by atoms with Crippen molar-refractivity contribution in [1.29, 1.82) is 0 Å². The number of aliphatic carboxylic acids is 1. The number of hydrogen-bond acceptors (Lipinski definition) is 7. The van der Waals surface area contributed by atoms with Crippen molar-refractivity contribution < 1.29 is 19.4 Å². The highest BCUT2D eigenvalue weighted by Gasteiger charge is 2.23. The molecule has 16 heavy (non-hydrogen) atoms. The van der Waals surface area contributed by atoms with Crippen LogP contribution in [0.15, 0.2) is 0 Å². The maximum Gasteiger partial charge on any atom is 0.322 e. The summed E-state index contributed by atoms with van der Waals surface area (Å²) in [4.78, 5) is 22.2. The number of aromatic nitrogens is 3. The zero-order valence-electron chi connectivity index (χ0n) is 8.88. The molecule has 1 atom stereocenters. The predicted octanol–water partition coefficient (Wildman–Crippen LogP) is -0.984. The third-order valence-corrected chi connectivity index (χ3v) is 1.82. The summed E-state index contributed by atoms with van der Waals surface area (Å²) in [5, 5.41) is 8.89. The van der Waals surface area contributed by atoms with E-state index in [4.69, 9.17) is 20.3 Å². The van der Waals surface area contributed by atoms with Gasteiger partial charge in [0.05, 0.1) is 14.2 Å². The van der Waals surface area contributed by atoms with E-state index >= 15 is 0 Å². The number of carbonyl (C=O) groups is 1. The van der Waals surface area contributed by atoms with Crippen LogP contribution in [0.3, 0.4) is 0 Å². The molecule has 0 saturated carbocycles. The molecule has 1 rings (SSSR count). The van der Waals surface area contributed by atoms with E-state index in [2.05, 4.69) is 15.0 Å². The van der Waals surface area contributed by atoms with Crippen molar-refractivity contribution in [1.82, 2.24) is 15.0 Å². The van der Waals surface area contributed by atoms with Crippen LogP contribution in [0.1, 0.15) is 11.7 Å². The SMILES string of the molecule is COc1nc(OC)nc(C(CN)C(=O)O)n1. The van der Waals surface area contributed by atoms with Gasteiger partial charge in [-0.1, -0.05) is 0 Å². The maximum absolute atomic E-state index is 10.9. The fourth-order valence-electron chi connectivity index (χ4n) is 1.01. The summed E-state index contributed by atoms with van der Waals surface area (Å²) in [5.41, 5.74) is 5.33. The first-order valence-electron chi connectivity index (χ1n) is 4.39. The Morgan fingerprint density at radius 3 is 2.12 bits per heavy atom. The Bertz CT molecular complexity index is 362. The largest absolute Gasteiger partial charge is 0.481 e. The Hall–Kier alpha value is -1.96. The third kappa shape index (κ3) is 2.54. The summed E-state index contributed by atoms with van der Waals surface area (Å²) in [6.45, 7) is -0.119. The van der Waals surface area contributed by atoms with Gasteiger partial charge in [0.1, 0.15) is 5.92 Å². The third-order valence-electron chi connectivity index (χ3n) is 1.82. The molecule has 0 aliphatic heterocycles. The van der Waals surface area contributed by atoms with Crippen LogP contribution in [0, 0.1) is 0 Å². The molecule has 1 heterocycles. The fourth-order valence-corrected chi connectivity index (χ4v) is 1.01. The summed E-state index contributed by atoms with van der Waals surface area (Å²) in [6, 6.07) is -0.0249. The molecule has 0 spiro atoms. The monoisotopic (exact) mass is 228 g/mol. The summed E-state index contributed by atoms with van der Waals surface area (Å²) in [6.07, 6.45) is 0. The number of nitrogens with two attached hydrogens (primary N) is 1. The van der Waals surface area contributed by atoms with Crippen molar-refractivity contribution in [3.8, 4) is 12.0 Å². The fraction of sp³-hybridized carbons (Fsp3) is 0.500. The van der Waals surface area contributed by atoms with E-state index in [-0.39, 0.29) is 24.4 Å². The van der Waals surface area contributed by atoms with E-state index in [0.29, 0.717) is 0 Å². The molecule has 0 bridgehead atoms. The average molecular weight is 228 g/mol. The lowest BCUT2D eigenvalue weighted by Crippen LogP contribution is -2.24. The van der Waals surface area contributed by atoms with Crippen molar-refractivity contribution in [2.45, 2.75) is 5.92 Å². The second-order valence-corrected chi connectivity index (χ2v) is 2.79. The number of ether oxygens (including phenoxy) is 2. The van der Waals surface area contributed by atoms with Gasteiger partial charge >= 0.3 is 18.0 Å². The van der Waals surface area contributed by atoms with Crippen LogP contribution in [0.25, 0.3) is 0 Å². The molecule has 8 heteroatoms. The van der Waals surface area contributed by atoms with Gasteiger partial charge in [0, 0.05) is 6.54 Å². The smallest absolute Gasteiger partial charge is 0.322 e. The molecule has 0 saturated heterocycles.